The highest BCUT2D eigenvalue weighted by molar-refractivity contribution is 6.98. The summed E-state index contributed by atoms with van der Waals surface area (Å²) in [5.41, 5.74) is 9.08. The van der Waals surface area contributed by atoms with E-state index in [9.17, 15) is 14.7 Å². The normalized spacial score (nSPS) is 14.1. The molecule has 2 N–H and O–H groups in total. The third-order valence-electron chi connectivity index (χ3n) is 11.0. The Kier molecular flexibility index (Phi) is 10.4. The lowest BCUT2D eigenvalue weighted by molar-refractivity contribution is -0.462. The Morgan fingerprint density at radius 1 is 0.915 bits per heavy atom. The quantitative estimate of drug-likeness (QED) is 0.101. The van der Waals surface area contributed by atoms with Crippen molar-refractivity contribution in [3.8, 4) is 11.3 Å². The molecule has 12 nitrogen and oxygen atoms in total. The van der Waals surface area contributed by atoms with Gasteiger partial charge in [0.25, 0.3) is 5.91 Å². The molecule has 0 fully saturated rings. The second-order valence-electron chi connectivity index (χ2n) is 15.7. The minimum Gasteiger partial charge on any atom is -0.545 e. The molecule has 0 spiro atoms. The van der Waals surface area contributed by atoms with E-state index < -0.39 is 14.0 Å². The van der Waals surface area contributed by atoms with Gasteiger partial charge in [0.2, 0.25) is 0 Å². The first-order chi connectivity index (χ1) is 28.4. The number of nitrogens with zero attached hydrogens (tertiary/aromatic N) is 7. The van der Waals surface area contributed by atoms with Crippen LogP contribution in [0, 0.1) is 0 Å². The molecule has 0 saturated carbocycles. The van der Waals surface area contributed by atoms with Crippen LogP contribution in [0.15, 0.2) is 126 Å². The Bertz CT molecular complexity index is 2790. The topological polar surface area (TPSA) is 144 Å². The predicted molar refractivity (Wildman–Crippen MR) is 234 cm³/mol. The number of nitrogens with one attached hydrogen (secondary N) is 2. The summed E-state index contributed by atoms with van der Waals surface area (Å²) >= 11 is 0. The Morgan fingerprint density at radius 3 is 2.54 bits per heavy atom. The molecule has 1 amide bonds. The number of carbonyl (C=O) groups excluding carboxylic acids is 2. The lowest BCUT2D eigenvalue weighted by Gasteiger charge is -2.38. The molecule has 3 heterocycles. The molecule has 0 bridgehead atoms. The second-order valence-corrected chi connectivity index (χ2v) is 20.0. The third kappa shape index (κ3) is 7.59. The van der Waals surface area contributed by atoms with Crippen molar-refractivity contribution >= 4 is 64.5 Å². The van der Waals surface area contributed by atoms with Gasteiger partial charge in [-0.2, -0.15) is 0 Å². The highest BCUT2D eigenvalue weighted by Crippen LogP contribution is 2.43. The van der Waals surface area contributed by atoms with Gasteiger partial charge in [-0.15, -0.1) is 5.10 Å². The van der Waals surface area contributed by atoms with Crippen molar-refractivity contribution in [2.45, 2.75) is 26.1 Å². The Labute approximate surface area is 344 Å². The van der Waals surface area contributed by atoms with Gasteiger partial charge in [-0.1, -0.05) is 54.7 Å². The fourth-order valence-corrected chi connectivity index (χ4v) is 10.9. The summed E-state index contributed by atoms with van der Waals surface area (Å²) < 4.78 is 3.84. The van der Waals surface area contributed by atoms with Crippen molar-refractivity contribution < 1.29 is 19.3 Å². The van der Waals surface area contributed by atoms with E-state index in [4.69, 9.17) is 0 Å². The van der Waals surface area contributed by atoms with E-state index in [0.29, 0.717) is 30.6 Å². The molecule has 2 aliphatic rings. The largest absolute Gasteiger partial charge is 0.545 e. The zero-order valence-corrected chi connectivity index (χ0v) is 34.9. The highest BCUT2D eigenvalue weighted by Gasteiger charge is 2.41. The number of fused-ring (bicyclic) bond motifs is 3. The number of carboxylic acids is 1. The number of hydrogen-bond donors (Lipinski definition) is 2. The first-order valence-corrected chi connectivity index (χ1v) is 22.5. The average Bonchev–Trinajstić information content (AvgIpc) is 3.71. The van der Waals surface area contributed by atoms with Crippen LogP contribution in [0.2, 0.25) is 13.1 Å². The lowest BCUT2D eigenvalue weighted by Crippen LogP contribution is -2.50. The van der Waals surface area contributed by atoms with E-state index in [0.717, 1.165) is 61.8 Å². The first-order valence-electron chi connectivity index (χ1n) is 19.5. The van der Waals surface area contributed by atoms with Crippen LogP contribution in [-0.4, -0.2) is 89.9 Å². The number of aromatic nitrogens is 5. The van der Waals surface area contributed by atoms with Gasteiger partial charge in [-0.25, -0.2) is 14.5 Å². The molecule has 2 aromatic heterocycles. The zero-order valence-electron chi connectivity index (χ0n) is 33.9. The summed E-state index contributed by atoms with van der Waals surface area (Å²) in [4.78, 5) is 37.3. The fourth-order valence-electron chi connectivity index (χ4n) is 7.82. The van der Waals surface area contributed by atoms with Crippen molar-refractivity contribution in [2.24, 2.45) is 0 Å². The number of aromatic carboxylic acids is 1. The zero-order chi connectivity index (χ0) is 41.4. The minimum absolute atomic E-state index is 0.0361. The smallest absolute Gasteiger partial charge is 0.251 e. The molecule has 0 atom stereocenters. The van der Waals surface area contributed by atoms with Gasteiger partial charge in [0.15, 0.2) is 5.71 Å². The molecule has 1 aliphatic carbocycles. The van der Waals surface area contributed by atoms with E-state index in [1.807, 2.05) is 82.9 Å². The van der Waals surface area contributed by atoms with E-state index in [1.54, 1.807) is 23.1 Å². The summed E-state index contributed by atoms with van der Waals surface area (Å²) in [5.74, 6) is -0.876. The maximum atomic E-state index is 13.7. The highest BCUT2D eigenvalue weighted by atomic mass is 28.3. The van der Waals surface area contributed by atoms with Crippen LogP contribution >= 0.6 is 0 Å². The summed E-state index contributed by atoms with van der Waals surface area (Å²) in [6, 6.07) is 26.9. The number of aryl methyl sites for hydroxylation is 1. The van der Waals surface area contributed by atoms with Gasteiger partial charge in [-0.3, -0.25) is 9.48 Å². The monoisotopic (exact) mass is 799 g/mol. The van der Waals surface area contributed by atoms with Crippen LogP contribution in [0.4, 0.5) is 17.2 Å². The van der Waals surface area contributed by atoms with Crippen LogP contribution < -0.4 is 25.8 Å². The number of anilines is 3. The van der Waals surface area contributed by atoms with E-state index in [1.165, 1.54) is 16.4 Å². The van der Waals surface area contributed by atoms with Crippen molar-refractivity contribution in [3.63, 3.8) is 0 Å². The predicted octanol–water partition coefficient (Wildman–Crippen LogP) is 5.36. The van der Waals surface area contributed by atoms with E-state index in [-0.39, 0.29) is 11.5 Å². The standard InChI is InChI=1S/C46H45N9O3Si/c1-53(2)32-16-19-36-41(25-32)59(5,6)42-26-33(54(3)4)17-20-37(42)43(36)38-24-30(15-18-34(38)46(57)58)45(56)47-21-10-22-55-27-40(51-52-55)29-11-9-12-31(23-29)50-44-35-13-7-8-14-39(35)48-28-49-44/h7-9,11-20,23-28H,10,21-22H2,1-6H3,(H2-,47,48,49,50,56,57,58). The van der Waals surface area contributed by atoms with Crippen LogP contribution in [-0.2, 0) is 6.54 Å². The van der Waals surface area contributed by atoms with Crippen molar-refractivity contribution in [1.29, 1.82) is 0 Å². The number of allylic oxidation sites excluding steroid dienone is 5. The molecular formula is C46H45N9O3Si. The number of carbonyl (C=O) groups is 2. The van der Waals surface area contributed by atoms with Gasteiger partial charge in [0, 0.05) is 72.8 Å². The first kappa shape index (κ1) is 38.9. The Hall–Kier alpha value is -6.99. The molecule has 59 heavy (non-hydrogen) atoms. The van der Waals surface area contributed by atoms with Crippen LogP contribution in [0.25, 0.3) is 27.7 Å². The summed E-state index contributed by atoms with van der Waals surface area (Å²) in [6.07, 6.45) is 10.4. The van der Waals surface area contributed by atoms with E-state index >= 15 is 0 Å². The number of amides is 1. The Morgan fingerprint density at radius 2 is 1.75 bits per heavy atom. The van der Waals surface area contributed by atoms with E-state index in [2.05, 4.69) is 89.9 Å². The van der Waals surface area contributed by atoms with Crippen molar-refractivity contribution in [1.82, 2.24) is 30.3 Å². The Balaban J connectivity index is 1.00. The maximum Gasteiger partial charge on any atom is 0.251 e. The second kappa shape index (κ2) is 15.7. The molecule has 0 radical (unpaired) electrons. The van der Waals surface area contributed by atoms with Crippen molar-refractivity contribution in [3.05, 3.63) is 149 Å². The van der Waals surface area contributed by atoms with Gasteiger partial charge in [0.1, 0.15) is 40.0 Å². The summed E-state index contributed by atoms with van der Waals surface area (Å²) in [7, 11) is 5.80. The summed E-state index contributed by atoms with van der Waals surface area (Å²) in [5, 5.41) is 31.2. The van der Waals surface area contributed by atoms with Crippen molar-refractivity contribution in [2.75, 3.05) is 45.0 Å². The van der Waals surface area contributed by atoms with Gasteiger partial charge in [0.05, 0.1) is 17.7 Å². The molecule has 8 rings (SSSR count). The molecule has 296 valence electrons. The molecule has 0 unspecified atom stereocenters. The van der Waals surface area contributed by atoms with Gasteiger partial charge >= 0.3 is 0 Å². The minimum atomic E-state index is -2.27. The average molecular weight is 800 g/mol. The molecule has 13 heteroatoms. The van der Waals surface area contributed by atoms with Gasteiger partial charge in [-0.05, 0) is 93.7 Å². The number of carboxylic acid groups (broad SMARTS) is 1. The number of rotatable bonds is 11. The fraction of sp³-hybridized carbons (Fsp3) is 0.196. The number of hydrogen-bond acceptors (Lipinski definition) is 9. The molecule has 0 saturated heterocycles. The maximum absolute atomic E-state index is 13.7. The van der Waals surface area contributed by atoms with Crippen LogP contribution in [0.1, 0.15) is 38.3 Å². The number of para-hydroxylation sites is 1. The van der Waals surface area contributed by atoms with Crippen LogP contribution in [0.5, 0.6) is 0 Å². The molecular weight excluding hydrogens is 755 g/mol. The third-order valence-corrected chi connectivity index (χ3v) is 14.6. The lowest BCUT2D eigenvalue weighted by atomic mass is 9.86. The SMILES string of the molecule is CN(C)c1ccc2c(c1)[Si](C)(C)C1=CC(=[N+](C)C)C=CC1=C2c1cc(C(=O)NCCCn2cc(-c3cccc(Nc4ncnc5ccccc45)c3)nn2)ccc1C(=O)[O-]. The van der Waals surface area contributed by atoms with Crippen LogP contribution in [0.3, 0.4) is 0 Å². The molecule has 4 aromatic carbocycles. The summed E-state index contributed by atoms with van der Waals surface area (Å²) in [6.45, 7) is 5.58. The van der Waals surface area contributed by atoms with Gasteiger partial charge < -0.3 is 25.4 Å². The molecule has 1 aliphatic heterocycles. The molecule has 6 aromatic rings. The number of benzene rings is 4.